The first-order valence-electron chi connectivity index (χ1n) is 6.43. The maximum absolute atomic E-state index is 12.1. The Balaban J connectivity index is 2.48. The van der Waals surface area contributed by atoms with Gasteiger partial charge in [0, 0.05) is 13.1 Å². The number of carbonyl (C=O) groups is 1. The number of sulfonamides is 1. The van der Waals surface area contributed by atoms with Crippen molar-refractivity contribution in [1.82, 2.24) is 14.9 Å². The van der Waals surface area contributed by atoms with Gasteiger partial charge in [-0.2, -0.15) is 0 Å². The normalized spacial score (nSPS) is 21.3. The molecule has 18 heavy (non-hydrogen) atoms. The minimum atomic E-state index is -3.24. The Morgan fingerprint density at radius 2 is 2.17 bits per heavy atom. The Bertz CT molecular complexity index is 370. The summed E-state index contributed by atoms with van der Waals surface area (Å²) >= 11 is 0. The third-order valence-corrected chi connectivity index (χ3v) is 4.45. The third kappa shape index (κ3) is 4.55. The number of hydrogen-bond acceptors (Lipinski definition) is 4. The fourth-order valence-corrected chi connectivity index (χ4v) is 2.67. The van der Waals surface area contributed by atoms with E-state index in [1.165, 1.54) is 7.05 Å². The molecule has 0 aromatic carbocycles. The van der Waals surface area contributed by atoms with Gasteiger partial charge in [-0.05, 0) is 32.9 Å². The standard InChI is InChI=1S/C11H23N3O3S/c1-3-6-13-10-5-4-7-14(11(10)15)8-9-18(16,17)12-2/h10,12-13H,3-9H2,1-2H3. The first kappa shape index (κ1) is 15.4. The van der Waals surface area contributed by atoms with Crippen LogP contribution in [0.2, 0.25) is 0 Å². The van der Waals surface area contributed by atoms with E-state index in [0.717, 1.165) is 25.8 Å². The molecule has 6 nitrogen and oxygen atoms in total. The molecule has 1 amide bonds. The Kier molecular flexibility index (Phi) is 6.04. The zero-order valence-electron chi connectivity index (χ0n) is 11.1. The molecule has 1 rings (SSSR count). The number of hydrogen-bond donors (Lipinski definition) is 2. The second-order valence-corrected chi connectivity index (χ2v) is 6.54. The van der Waals surface area contributed by atoms with Crippen LogP contribution in [0.5, 0.6) is 0 Å². The summed E-state index contributed by atoms with van der Waals surface area (Å²) in [6, 6.07) is -0.143. The Morgan fingerprint density at radius 1 is 1.44 bits per heavy atom. The summed E-state index contributed by atoms with van der Waals surface area (Å²) in [7, 11) is -1.85. The number of amides is 1. The highest BCUT2D eigenvalue weighted by Crippen LogP contribution is 2.11. The van der Waals surface area contributed by atoms with Crippen LogP contribution in [0.25, 0.3) is 0 Å². The van der Waals surface area contributed by atoms with Gasteiger partial charge in [-0.25, -0.2) is 13.1 Å². The molecule has 0 aromatic rings. The molecule has 1 atom stereocenters. The van der Waals surface area contributed by atoms with Gasteiger partial charge >= 0.3 is 0 Å². The maximum Gasteiger partial charge on any atom is 0.239 e. The van der Waals surface area contributed by atoms with Crippen LogP contribution >= 0.6 is 0 Å². The maximum atomic E-state index is 12.1. The van der Waals surface area contributed by atoms with Gasteiger partial charge in [-0.15, -0.1) is 0 Å². The van der Waals surface area contributed by atoms with Crippen molar-refractivity contribution in [2.45, 2.75) is 32.2 Å². The lowest BCUT2D eigenvalue weighted by Gasteiger charge is -2.32. The molecule has 0 aromatic heterocycles. The van der Waals surface area contributed by atoms with Crippen LogP contribution in [0.15, 0.2) is 0 Å². The van der Waals surface area contributed by atoms with Gasteiger partial charge in [0.15, 0.2) is 0 Å². The van der Waals surface area contributed by atoms with E-state index >= 15 is 0 Å². The Labute approximate surface area is 109 Å². The third-order valence-electron chi connectivity index (χ3n) is 3.11. The van der Waals surface area contributed by atoms with Gasteiger partial charge in [-0.3, -0.25) is 4.79 Å². The average molecular weight is 277 g/mol. The van der Waals surface area contributed by atoms with E-state index in [0.29, 0.717) is 6.54 Å². The smallest absolute Gasteiger partial charge is 0.239 e. The van der Waals surface area contributed by atoms with Gasteiger partial charge in [-0.1, -0.05) is 6.92 Å². The van der Waals surface area contributed by atoms with Crippen LogP contribution < -0.4 is 10.0 Å². The zero-order valence-corrected chi connectivity index (χ0v) is 11.9. The second kappa shape index (κ2) is 7.06. The zero-order chi connectivity index (χ0) is 13.6. The summed E-state index contributed by atoms with van der Waals surface area (Å²) in [4.78, 5) is 13.7. The molecular formula is C11H23N3O3S. The molecule has 0 saturated carbocycles. The SMILES string of the molecule is CCCNC1CCCN(CCS(=O)(=O)NC)C1=O. The van der Waals surface area contributed by atoms with E-state index in [9.17, 15) is 13.2 Å². The number of carbonyl (C=O) groups excluding carboxylic acids is 1. The van der Waals surface area contributed by atoms with Crippen molar-refractivity contribution in [1.29, 1.82) is 0 Å². The molecule has 1 saturated heterocycles. The van der Waals surface area contributed by atoms with Crippen molar-refractivity contribution in [2.24, 2.45) is 0 Å². The van der Waals surface area contributed by atoms with E-state index in [1.54, 1.807) is 4.90 Å². The predicted octanol–water partition coefficient (Wildman–Crippen LogP) is -0.474. The Morgan fingerprint density at radius 3 is 2.78 bits per heavy atom. The van der Waals surface area contributed by atoms with Crippen LogP contribution in [-0.2, 0) is 14.8 Å². The number of piperidine rings is 1. The number of likely N-dealkylation sites (tertiary alicyclic amines) is 1. The molecule has 1 unspecified atom stereocenters. The van der Waals surface area contributed by atoms with Crippen molar-refractivity contribution in [3.8, 4) is 0 Å². The number of nitrogens with one attached hydrogen (secondary N) is 2. The van der Waals surface area contributed by atoms with Crippen LogP contribution in [0.3, 0.4) is 0 Å². The van der Waals surface area contributed by atoms with Gasteiger partial charge in [0.1, 0.15) is 0 Å². The summed E-state index contributed by atoms with van der Waals surface area (Å²) < 4.78 is 24.9. The molecule has 106 valence electrons. The topological polar surface area (TPSA) is 78.5 Å². The van der Waals surface area contributed by atoms with E-state index in [2.05, 4.69) is 17.0 Å². The van der Waals surface area contributed by atoms with Gasteiger partial charge in [0.25, 0.3) is 0 Å². The highest BCUT2D eigenvalue weighted by molar-refractivity contribution is 7.89. The van der Waals surface area contributed by atoms with E-state index in [4.69, 9.17) is 0 Å². The molecule has 7 heteroatoms. The molecule has 2 N–H and O–H groups in total. The molecule has 1 aliphatic rings. The lowest BCUT2D eigenvalue weighted by molar-refractivity contribution is -0.135. The molecule has 1 aliphatic heterocycles. The van der Waals surface area contributed by atoms with Crippen molar-refractivity contribution in [3.63, 3.8) is 0 Å². The van der Waals surface area contributed by atoms with E-state index < -0.39 is 10.0 Å². The summed E-state index contributed by atoms with van der Waals surface area (Å²) in [5.41, 5.74) is 0. The molecule has 1 fully saturated rings. The fraction of sp³-hybridized carbons (Fsp3) is 0.909. The quantitative estimate of drug-likeness (QED) is 0.659. The van der Waals surface area contributed by atoms with Crippen molar-refractivity contribution in [3.05, 3.63) is 0 Å². The molecule has 0 bridgehead atoms. The van der Waals surface area contributed by atoms with Crippen LogP contribution in [0.4, 0.5) is 0 Å². The molecular weight excluding hydrogens is 254 g/mol. The van der Waals surface area contributed by atoms with Crippen molar-refractivity contribution in [2.75, 3.05) is 32.4 Å². The summed E-state index contributed by atoms with van der Waals surface area (Å²) in [5, 5.41) is 3.21. The highest BCUT2D eigenvalue weighted by Gasteiger charge is 2.28. The van der Waals surface area contributed by atoms with Gasteiger partial charge in [0.05, 0.1) is 11.8 Å². The second-order valence-electron chi connectivity index (χ2n) is 4.50. The number of nitrogens with zero attached hydrogens (tertiary/aromatic N) is 1. The minimum absolute atomic E-state index is 0.0287. The van der Waals surface area contributed by atoms with Crippen molar-refractivity contribution < 1.29 is 13.2 Å². The van der Waals surface area contributed by atoms with E-state index in [-0.39, 0.29) is 24.2 Å². The van der Waals surface area contributed by atoms with Crippen LogP contribution in [0, 0.1) is 0 Å². The fourth-order valence-electron chi connectivity index (χ4n) is 2.00. The van der Waals surface area contributed by atoms with Crippen molar-refractivity contribution >= 4 is 15.9 Å². The largest absolute Gasteiger partial charge is 0.340 e. The molecule has 0 aliphatic carbocycles. The molecule has 1 heterocycles. The average Bonchev–Trinajstić information content (AvgIpc) is 2.36. The Hall–Kier alpha value is -0.660. The predicted molar refractivity (Wildman–Crippen MR) is 70.7 cm³/mol. The lowest BCUT2D eigenvalue weighted by atomic mass is 10.0. The summed E-state index contributed by atoms with van der Waals surface area (Å²) in [5.74, 6) is -0.00330. The van der Waals surface area contributed by atoms with Crippen LogP contribution in [-0.4, -0.2) is 57.7 Å². The summed E-state index contributed by atoms with van der Waals surface area (Å²) in [6.07, 6.45) is 2.75. The monoisotopic (exact) mass is 277 g/mol. The number of rotatable bonds is 7. The first-order valence-corrected chi connectivity index (χ1v) is 8.08. The summed E-state index contributed by atoms with van der Waals surface area (Å²) in [6.45, 7) is 3.80. The first-order chi connectivity index (χ1) is 8.50. The minimum Gasteiger partial charge on any atom is -0.340 e. The molecule has 0 radical (unpaired) electrons. The van der Waals surface area contributed by atoms with Gasteiger partial charge in [0.2, 0.25) is 15.9 Å². The van der Waals surface area contributed by atoms with E-state index in [1.807, 2.05) is 0 Å². The van der Waals surface area contributed by atoms with Gasteiger partial charge < -0.3 is 10.2 Å². The lowest BCUT2D eigenvalue weighted by Crippen LogP contribution is -2.52. The molecule has 0 spiro atoms. The highest BCUT2D eigenvalue weighted by atomic mass is 32.2. The van der Waals surface area contributed by atoms with Crippen LogP contribution in [0.1, 0.15) is 26.2 Å².